The van der Waals surface area contributed by atoms with Crippen LogP contribution >= 0.6 is 0 Å². The molecular weight excluding hydrogens is 498 g/mol. The third-order valence-corrected chi connectivity index (χ3v) is 7.46. The van der Waals surface area contributed by atoms with Gasteiger partial charge in [-0.15, -0.1) is 0 Å². The highest BCUT2D eigenvalue weighted by Crippen LogP contribution is 2.45. The van der Waals surface area contributed by atoms with Crippen molar-refractivity contribution < 1.29 is 28.5 Å². The van der Waals surface area contributed by atoms with Gasteiger partial charge in [0.15, 0.2) is 5.79 Å². The zero-order valence-corrected chi connectivity index (χ0v) is 22.5. The van der Waals surface area contributed by atoms with Gasteiger partial charge in [-0.2, -0.15) is 0 Å². The van der Waals surface area contributed by atoms with Crippen molar-refractivity contribution in [3.05, 3.63) is 88.3 Å². The summed E-state index contributed by atoms with van der Waals surface area (Å²) in [6.07, 6.45) is -1.76. The van der Waals surface area contributed by atoms with E-state index in [0.29, 0.717) is 6.61 Å². The van der Waals surface area contributed by atoms with Gasteiger partial charge >= 0.3 is 5.97 Å². The molecule has 0 N–H and O–H groups in total. The van der Waals surface area contributed by atoms with E-state index in [1.807, 2.05) is 87.5 Å². The SMILES string of the molecule is COc1ccc2cc([C@@H](C)C(=O)O[C@H]3[C@H](COCc4ccccc4)[C@H]4OC(C)(C)O[C@H]4[C@@H]3N=[N+]=[N-])ccc2c1. The molecule has 1 heterocycles. The monoisotopic (exact) mass is 531 g/mol. The number of carbonyl (C=O) groups is 1. The second-order valence-corrected chi connectivity index (χ2v) is 10.5. The topological polar surface area (TPSA) is 112 Å². The first-order valence-corrected chi connectivity index (χ1v) is 13.1. The lowest BCUT2D eigenvalue weighted by Gasteiger charge is -2.29. The summed E-state index contributed by atoms with van der Waals surface area (Å²) in [5.41, 5.74) is 11.2. The van der Waals surface area contributed by atoms with Gasteiger partial charge < -0.3 is 23.7 Å². The summed E-state index contributed by atoms with van der Waals surface area (Å²) in [5.74, 6) is -1.43. The average Bonchev–Trinajstić information content (AvgIpc) is 3.38. The fourth-order valence-corrected chi connectivity index (χ4v) is 5.48. The highest BCUT2D eigenvalue weighted by molar-refractivity contribution is 5.86. The highest BCUT2D eigenvalue weighted by atomic mass is 16.8. The molecule has 9 heteroatoms. The van der Waals surface area contributed by atoms with Gasteiger partial charge in [0.1, 0.15) is 17.9 Å². The van der Waals surface area contributed by atoms with Gasteiger partial charge in [0.05, 0.1) is 38.4 Å². The molecule has 2 fully saturated rings. The molecule has 0 amide bonds. The molecule has 0 bridgehead atoms. The van der Waals surface area contributed by atoms with Gasteiger partial charge in [-0.25, -0.2) is 0 Å². The molecule has 1 saturated carbocycles. The lowest BCUT2D eigenvalue weighted by atomic mass is 9.97. The Morgan fingerprint density at radius 2 is 1.77 bits per heavy atom. The predicted molar refractivity (Wildman–Crippen MR) is 145 cm³/mol. The molecule has 9 nitrogen and oxygen atoms in total. The summed E-state index contributed by atoms with van der Waals surface area (Å²) in [5, 5.41) is 6.01. The minimum Gasteiger partial charge on any atom is -0.497 e. The molecule has 6 atom stereocenters. The van der Waals surface area contributed by atoms with E-state index in [0.717, 1.165) is 27.6 Å². The van der Waals surface area contributed by atoms with Gasteiger partial charge in [0.25, 0.3) is 0 Å². The maximum absolute atomic E-state index is 13.5. The van der Waals surface area contributed by atoms with E-state index in [2.05, 4.69) is 10.0 Å². The van der Waals surface area contributed by atoms with Gasteiger partial charge in [-0.05, 0) is 60.3 Å². The van der Waals surface area contributed by atoms with Crippen LogP contribution in [0.3, 0.4) is 0 Å². The third-order valence-electron chi connectivity index (χ3n) is 7.46. The lowest BCUT2D eigenvalue weighted by molar-refractivity contribution is -0.180. The molecule has 1 aliphatic heterocycles. The largest absolute Gasteiger partial charge is 0.497 e. The average molecular weight is 532 g/mol. The first-order valence-electron chi connectivity index (χ1n) is 13.1. The Bertz CT molecular complexity index is 1370. The quantitative estimate of drug-likeness (QED) is 0.147. The summed E-state index contributed by atoms with van der Waals surface area (Å²) < 4.78 is 29.8. The Morgan fingerprint density at radius 1 is 1.05 bits per heavy atom. The van der Waals surface area contributed by atoms with E-state index >= 15 is 0 Å². The van der Waals surface area contributed by atoms with Crippen LogP contribution in [-0.2, 0) is 30.3 Å². The number of carbonyl (C=O) groups excluding carboxylic acids is 1. The fourth-order valence-electron chi connectivity index (χ4n) is 5.48. The van der Waals surface area contributed by atoms with E-state index < -0.39 is 42.0 Å². The van der Waals surface area contributed by atoms with Crippen LogP contribution in [0.4, 0.5) is 0 Å². The third kappa shape index (κ3) is 5.72. The molecule has 1 saturated heterocycles. The number of hydrogen-bond donors (Lipinski definition) is 0. The zero-order chi connectivity index (χ0) is 27.6. The van der Waals surface area contributed by atoms with Crippen molar-refractivity contribution in [1.29, 1.82) is 0 Å². The number of rotatable bonds is 9. The first kappa shape index (κ1) is 27.0. The fraction of sp³-hybridized carbons (Fsp3) is 0.433. The molecule has 2 aliphatic rings. The Hall–Kier alpha value is -3.62. The van der Waals surface area contributed by atoms with Gasteiger partial charge in [0.2, 0.25) is 0 Å². The van der Waals surface area contributed by atoms with Gasteiger partial charge in [-0.1, -0.05) is 59.7 Å². The molecular formula is C30H33N3O6. The maximum Gasteiger partial charge on any atom is 0.313 e. The number of fused-ring (bicyclic) bond motifs is 2. The molecule has 39 heavy (non-hydrogen) atoms. The molecule has 204 valence electrons. The van der Waals surface area contributed by atoms with Crippen molar-refractivity contribution in [2.75, 3.05) is 13.7 Å². The summed E-state index contributed by atoms with van der Waals surface area (Å²) in [7, 11) is 1.63. The second-order valence-electron chi connectivity index (χ2n) is 10.5. The van der Waals surface area contributed by atoms with E-state index in [4.69, 9.17) is 23.7 Å². The molecule has 0 unspecified atom stereocenters. The minimum absolute atomic E-state index is 0.247. The molecule has 0 spiro atoms. The molecule has 0 aromatic heterocycles. The molecule has 5 rings (SSSR count). The molecule has 3 aromatic carbocycles. The normalized spacial score (nSPS) is 26.0. The first-order chi connectivity index (χ1) is 18.8. The number of hydrogen-bond acceptors (Lipinski definition) is 7. The number of methoxy groups -OCH3 is 1. The number of nitrogens with zero attached hydrogens (tertiary/aromatic N) is 3. The Balaban J connectivity index is 1.36. The van der Waals surface area contributed by atoms with Crippen molar-refractivity contribution >= 4 is 16.7 Å². The summed E-state index contributed by atoms with van der Waals surface area (Å²) in [6.45, 7) is 6.08. The van der Waals surface area contributed by atoms with E-state index in [1.165, 1.54) is 0 Å². The number of esters is 1. The minimum atomic E-state index is -0.855. The van der Waals surface area contributed by atoms with Crippen LogP contribution in [0, 0.1) is 5.92 Å². The van der Waals surface area contributed by atoms with Crippen LogP contribution in [0.2, 0.25) is 0 Å². The smallest absolute Gasteiger partial charge is 0.313 e. The van der Waals surface area contributed by atoms with Crippen LogP contribution in [-0.4, -0.2) is 49.8 Å². The van der Waals surface area contributed by atoms with Crippen molar-refractivity contribution in [2.45, 2.75) is 63.4 Å². The zero-order valence-electron chi connectivity index (χ0n) is 22.5. The van der Waals surface area contributed by atoms with Crippen LogP contribution in [0.1, 0.15) is 37.8 Å². The number of azide groups is 1. The maximum atomic E-state index is 13.5. The van der Waals surface area contributed by atoms with Gasteiger partial charge in [0, 0.05) is 10.8 Å². The van der Waals surface area contributed by atoms with Crippen molar-refractivity contribution in [2.24, 2.45) is 11.0 Å². The summed E-state index contributed by atoms with van der Waals surface area (Å²) in [6, 6.07) is 20.7. The molecule has 0 radical (unpaired) electrons. The molecule has 1 aliphatic carbocycles. The second kappa shape index (κ2) is 11.2. The van der Waals surface area contributed by atoms with E-state index in [-0.39, 0.29) is 12.5 Å². The molecule has 3 aromatic rings. The summed E-state index contributed by atoms with van der Waals surface area (Å²) in [4.78, 5) is 16.5. The lowest BCUT2D eigenvalue weighted by Crippen LogP contribution is -2.39. The summed E-state index contributed by atoms with van der Waals surface area (Å²) >= 11 is 0. The van der Waals surface area contributed by atoms with Crippen molar-refractivity contribution in [3.8, 4) is 5.75 Å². The van der Waals surface area contributed by atoms with Crippen LogP contribution in [0.25, 0.3) is 21.2 Å². The van der Waals surface area contributed by atoms with E-state index in [1.54, 1.807) is 7.11 Å². The van der Waals surface area contributed by atoms with Crippen molar-refractivity contribution in [1.82, 2.24) is 0 Å². The van der Waals surface area contributed by atoms with Crippen LogP contribution in [0.5, 0.6) is 5.75 Å². The standard InChI is InChI=1S/C30H33N3O6/c1-18(20-10-11-22-15-23(35-4)13-12-21(22)14-20)29(34)37-26-24(17-36-16-19-8-6-5-7-9-19)27-28(25(26)32-33-31)39-30(2,3)38-27/h5-15,18,24-28H,16-17H2,1-4H3/t18-,24+,25-,26+,27-,28+/m1/s1. The van der Waals surface area contributed by atoms with Crippen LogP contribution < -0.4 is 4.74 Å². The Labute approximate surface area is 227 Å². The van der Waals surface area contributed by atoms with Crippen molar-refractivity contribution in [3.63, 3.8) is 0 Å². The van der Waals surface area contributed by atoms with Gasteiger partial charge in [-0.3, -0.25) is 4.79 Å². The Kier molecular flexibility index (Phi) is 7.77. The van der Waals surface area contributed by atoms with E-state index in [9.17, 15) is 10.3 Å². The Morgan fingerprint density at radius 3 is 2.51 bits per heavy atom. The number of benzene rings is 3. The number of ether oxygens (including phenoxy) is 5. The predicted octanol–water partition coefficient (Wildman–Crippen LogP) is 5.91. The van der Waals surface area contributed by atoms with Crippen LogP contribution in [0.15, 0.2) is 71.8 Å². The highest BCUT2D eigenvalue weighted by Gasteiger charge is 2.60.